The van der Waals surface area contributed by atoms with Crippen molar-refractivity contribution >= 4 is 29.0 Å². The maximum atomic E-state index is 12.6. The summed E-state index contributed by atoms with van der Waals surface area (Å²) < 4.78 is 5.75. The summed E-state index contributed by atoms with van der Waals surface area (Å²) in [6, 6.07) is 14.2. The Morgan fingerprint density at radius 1 is 1.10 bits per heavy atom. The van der Waals surface area contributed by atoms with Crippen molar-refractivity contribution in [1.82, 2.24) is 15.1 Å². The van der Waals surface area contributed by atoms with Gasteiger partial charge in [-0.2, -0.15) is 0 Å². The second kappa shape index (κ2) is 10.1. The van der Waals surface area contributed by atoms with Gasteiger partial charge in [-0.1, -0.05) is 42.8 Å². The number of benzene rings is 2. The van der Waals surface area contributed by atoms with Crippen LogP contribution in [0.5, 0.6) is 0 Å². The molecule has 156 valence electrons. The summed E-state index contributed by atoms with van der Waals surface area (Å²) in [5.41, 5.74) is 1.65. The zero-order valence-corrected chi connectivity index (χ0v) is 17.6. The Kier molecular flexibility index (Phi) is 7.32. The van der Waals surface area contributed by atoms with Gasteiger partial charge in [0.2, 0.25) is 17.7 Å². The highest BCUT2D eigenvalue weighted by Gasteiger charge is 2.17. The van der Waals surface area contributed by atoms with E-state index in [0.717, 1.165) is 6.42 Å². The molecule has 0 aliphatic rings. The van der Waals surface area contributed by atoms with E-state index in [0.29, 0.717) is 46.7 Å². The van der Waals surface area contributed by atoms with Crippen LogP contribution in [0, 0.1) is 0 Å². The van der Waals surface area contributed by atoms with E-state index >= 15 is 0 Å². The van der Waals surface area contributed by atoms with Crippen molar-refractivity contribution in [1.29, 1.82) is 0 Å². The number of para-hydroxylation sites is 1. The van der Waals surface area contributed by atoms with E-state index in [4.69, 9.17) is 16.0 Å². The first-order valence-electron chi connectivity index (χ1n) is 9.67. The molecule has 0 bridgehead atoms. The number of amides is 1. The van der Waals surface area contributed by atoms with Crippen LogP contribution in [0.4, 0.5) is 5.69 Å². The number of nitrogens with zero attached hydrogens (tertiary/aromatic N) is 3. The zero-order valence-electron chi connectivity index (χ0n) is 16.9. The minimum Gasteiger partial charge on any atom is -0.419 e. The number of hydrogen-bond acceptors (Lipinski definition) is 6. The fraction of sp³-hybridized carbons (Fsp3) is 0.273. The Morgan fingerprint density at radius 3 is 2.57 bits per heavy atom. The molecule has 1 heterocycles. The lowest BCUT2D eigenvalue weighted by Gasteiger charge is -2.19. The smallest absolute Gasteiger partial charge is 0.249 e. The lowest BCUT2D eigenvalue weighted by atomic mass is 10.1. The number of rotatable bonds is 9. The average Bonchev–Trinajstić information content (AvgIpc) is 3.17. The average molecular weight is 427 g/mol. The molecule has 1 N–H and O–H groups in total. The molecule has 3 aromatic rings. The van der Waals surface area contributed by atoms with Gasteiger partial charge >= 0.3 is 0 Å². The van der Waals surface area contributed by atoms with Crippen LogP contribution in [0.2, 0.25) is 5.02 Å². The van der Waals surface area contributed by atoms with Crippen LogP contribution in [-0.4, -0.2) is 39.9 Å². The normalized spacial score (nSPS) is 10.9. The number of aromatic nitrogens is 2. The van der Waals surface area contributed by atoms with E-state index in [-0.39, 0.29) is 18.2 Å². The summed E-state index contributed by atoms with van der Waals surface area (Å²) in [6.07, 6.45) is 0.850. The minimum absolute atomic E-state index is 0.103. The summed E-state index contributed by atoms with van der Waals surface area (Å²) in [5.74, 6) is 0.416. The van der Waals surface area contributed by atoms with Gasteiger partial charge in [-0.3, -0.25) is 14.5 Å². The van der Waals surface area contributed by atoms with Gasteiger partial charge in [0.25, 0.3) is 0 Å². The fourth-order valence-electron chi connectivity index (χ4n) is 3.07. The van der Waals surface area contributed by atoms with Gasteiger partial charge in [0, 0.05) is 5.56 Å². The first-order chi connectivity index (χ1) is 14.5. The zero-order chi connectivity index (χ0) is 21.5. The summed E-state index contributed by atoms with van der Waals surface area (Å²) in [6.45, 7) is 4.63. The Bertz CT molecular complexity index is 1030. The molecule has 1 amide bonds. The van der Waals surface area contributed by atoms with E-state index < -0.39 is 0 Å². The standard InChI is InChI=1S/C22H23ClN4O3/c1-3-12-27(13-20(29)24-19-11-7-5-8-16(19)15(2)28)14-21-25-26-22(30-21)17-9-4-6-10-18(17)23/h4-11H,3,12-14H2,1-2H3,(H,24,29). The van der Waals surface area contributed by atoms with Crippen molar-refractivity contribution in [2.75, 3.05) is 18.4 Å². The summed E-state index contributed by atoms with van der Waals surface area (Å²) in [7, 11) is 0. The van der Waals surface area contributed by atoms with Gasteiger partial charge in [0.1, 0.15) is 0 Å². The van der Waals surface area contributed by atoms with Gasteiger partial charge in [0.05, 0.1) is 29.4 Å². The lowest BCUT2D eigenvalue weighted by molar-refractivity contribution is -0.117. The molecule has 0 aliphatic carbocycles. The third-order valence-electron chi connectivity index (χ3n) is 4.42. The molecule has 0 atom stereocenters. The van der Waals surface area contributed by atoms with Gasteiger partial charge < -0.3 is 9.73 Å². The number of anilines is 1. The van der Waals surface area contributed by atoms with Crippen molar-refractivity contribution in [3.63, 3.8) is 0 Å². The van der Waals surface area contributed by atoms with E-state index in [9.17, 15) is 9.59 Å². The summed E-state index contributed by atoms with van der Waals surface area (Å²) >= 11 is 6.19. The topological polar surface area (TPSA) is 88.3 Å². The molecule has 1 aromatic heterocycles. The maximum Gasteiger partial charge on any atom is 0.249 e. The molecule has 0 aliphatic heterocycles. The number of hydrogen-bond donors (Lipinski definition) is 1. The fourth-order valence-corrected chi connectivity index (χ4v) is 3.29. The molecule has 3 rings (SSSR count). The van der Waals surface area contributed by atoms with Crippen molar-refractivity contribution in [2.45, 2.75) is 26.8 Å². The number of ketones is 1. The predicted molar refractivity (Wildman–Crippen MR) is 115 cm³/mol. The molecule has 7 nitrogen and oxygen atoms in total. The number of carbonyl (C=O) groups excluding carboxylic acids is 2. The van der Waals surface area contributed by atoms with Crippen molar-refractivity contribution in [3.05, 3.63) is 65.0 Å². The van der Waals surface area contributed by atoms with Crippen molar-refractivity contribution in [3.8, 4) is 11.5 Å². The van der Waals surface area contributed by atoms with Gasteiger partial charge in [-0.05, 0) is 44.2 Å². The van der Waals surface area contributed by atoms with Gasteiger partial charge in [-0.15, -0.1) is 10.2 Å². The van der Waals surface area contributed by atoms with Crippen molar-refractivity contribution < 1.29 is 14.0 Å². The van der Waals surface area contributed by atoms with Gasteiger partial charge in [0.15, 0.2) is 5.78 Å². The Balaban J connectivity index is 1.68. The molecule has 0 fully saturated rings. The Labute approximate surface area is 180 Å². The maximum absolute atomic E-state index is 12.6. The van der Waals surface area contributed by atoms with Crippen LogP contribution in [-0.2, 0) is 11.3 Å². The Morgan fingerprint density at radius 2 is 1.83 bits per heavy atom. The predicted octanol–water partition coefficient (Wildman–Crippen LogP) is 4.44. The van der Waals surface area contributed by atoms with Gasteiger partial charge in [-0.25, -0.2) is 0 Å². The highest BCUT2D eigenvalue weighted by Crippen LogP contribution is 2.26. The van der Waals surface area contributed by atoms with Crippen LogP contribution in [0.1, 0.15) is 36.5 Å². The first kappa shape index (κ1) is 21.7. The lowest BCUT2D eigenvalue weighted by Crippen LogP contribution is -2.33. The number of Topliss-reactive ketones (excluding diaryl/α,β-unsaturated/α-hetero) is 1. The molecule has 0 saturated heterocycles. The third kappa shape index (κ3) is 5.52. The first-order valence-corrected chi connectivity index (χ1v) is 10.0. The van der Waals surface area contributed by atoms with Crippen LogP contribution in [0.15, 0.2) is 52.9 Å². The number of halogens is 1. The molecule has 0 saturated carbocycles. The minimum atomic E-state index is -0.219. The highest BCUT2D eigenvalue weighted by atomic mass is 35.5. The Hall–Kier alpha value is -3.03. The van der Waals surface area contributed by atoms with Crippen molar-refractivity contribution in [2.24, 2.45) is 0 Å². The summed E-state index contributed by atoms with van der Waals surface area (Å²) in [4.78, 5) is 26.3. The largest absolute Gasteiger partial charge is 0.419 e. The molecular weight excluding hydrogens is 404 g/mol. The molecule has 0 unspecified atom stereocenters. The monoisotopic (exact) mass is 426 g/mol. The molecule has 8 heteroatoms. The molecule has 0 radical (unpaired) electrons. The summed E-state index contributed by atoms with van der Waals surface area (Å²) in [5, 5.41) is 11.5. The quantitative estimate of drug-likeness (QED) is 0.509. The second-order valence-corrected chi connectivity index (χ2v) is 7.25. The third-order valence-corrected chi connectivity index (χ3v) is 4.75. The van der Waals surface area contributed by atoms with E-state index in [1.165, 1.54) is 6.92 Å². The molecule has 30 heavy (non-hydrogen) atoms. The molecule has 0 spiro atoms. The van der Waals surface area contributed by atoms with E-state index in [2.05, 4.69) is 15.5 Å². The van der Waals surface area contributed by atoms with E-state index in [1.54, 1.807) is 30.3 Å². The second-order valence-electron chi connectivity index (χ2n) is 6.84. The molecular formula is C22H23ClN4O3. The number of nitrogens with one attached hydrogen (secondary N) is 1. The van der Waals surface area contributed by atoms with Crippen LogP contribution in [0.25, 0.3) is 11.5 Å². The molecule has 2 aromatic carbocycles. The highest BCUT2D eigenvalue weighted by molar-refractivity contribution is 6.33. The van der Waals surface area contributed by atoms with Crippen LogP contribution >= 0.6 is 11.6 Å². The SMILES string of the molecule is CCCN(CC(=O)Nc1ccccc1C(C)=O)Cc1nnc(-c2ccccc2Cl)o1. The number of carbonyl (C=O) groups is 2. The van der Waals surface area contributed by atoms with Crippen LogP contribution < -0.4 is 5.32 Å². The van der Waals surface area contributed by atoms with E-state index in [1.807, 2.05) is 30.0 Å². The van der Waals surface area contributed by atoms with Crippen LogP contribution in [0.3, 0.4) is 0 Å².